The number of aromatic nitrogens is 1. The van der Waals surface area contributed by atoms with Crippen molar-refractivity contribution in [2.24, 2.45) is 0 Å². The second-order valence-electron chi connectivity index (χ2n) is 6.54. The van der Waals surface area contributed by atoms with Gasteiger partial charge in [-0.25, -0.2) is 0 Å². The summed E-state index contributed by atoms with van der Waals surface area (Å²) in [6.07, 6.45) is 4.57. The second-order valence-corrected chi connectivity index (χ2v) is 7.79. The molecule has 4 nitrogen and oxygen atoms in total. The first kappa shape index (κ1) is 15.4. The van der Waals surface area contributed by atoms with E-state index in [-0.39, 0.29) is 5.91 Å². The van der Waals surface area contributed by atoms with E-state index in [1.54, 1.807) is 0 Å². The minimum absolute atomic E-state index is 0.279. The van der Waals surface area contributed by atoms with Crippen molar-refractivity contribution in [1.29, 1.82) is 0 Å². The van der Waals surface area contributed by atoms with Crippen LogP contribution in [0.15, 0.2) is 18.2 Å². The SMILES string of the molecule is O=C(Cn1c2c(c3cc(I)ccc31)CNCC2)N1CCCCC1. The Morgan fingerprint density at radius 3 is 2.87 bits per heavy atom. The van der Waals surface area contributed by atoms with Crippen LogP contribution in [0.4, 0.5) is 0 Å². The number of halogens is 1. The van der Waals surface area contributed by atoms with Gasteiger partial charge in [0.2, 0.25) is 5.91 Å². The van der Waals surface area contributed by atoms with Crippen molar-refractivity contribution >= 4 is 39.4 Å². The zero-order valence-electron chi connectivity index (χ0n) is 13.3. The Kier molecular flexibility index (Phi) is 4.32. The summed E-state index contributed by atoms with van der Waals surface area (Å²) in [5, 5.41) is 4.78. The molecule has 3 heterocycles. The van der Waals surface area contributed by atoms with Crippen LogP contribution in [0.3, 0.4) is 0 Å². The van der Waals surface area contributed by atoms with Crippen LogP contribution in [0.1, 0.15) is 30.5 Å². The minimum Gasteiger partial charge on any atom is -0.341 e. The zero-order chi connectivity index (χ0) is 15.8. The highest BCUT2D eigenvalue weighted by atomic mass is 127. The van der Waals surface area contributed by atoms with Gasteiger partial charge in [0.15, 0.2) is 0 Å². The van der Waals surface area contributed by atoms with Crippen LogP contribution in [0.25, 0.3) is 10.9 Å². The lowest BCUT2D eigenvalue weighted by molar-refractivity contribution is -0.132. The Bertz CT molecular complexity index is 746. The third kappa shape index (κ3) is 2.89. The maximum Gasteiger partial charge on any atom is 0.242 e. The second kappa shape index (κ2) is 6.43. The lowest BCUT2D eigenvalue weighted by Gasteiger charge is -2.27. The number of hydrogen-bond acceptors (Lipinski definition) is 2. The Morgan fingerprint density at radius 2 is 2.04 bits per heavy atom. The number of hydrogen-bond donors (Lipinski definition) is 1. The molecule has 1 saturated heterocycles. The monoisotopic (exact) mass is 423 g/mol. The molecule has 5 heteroatoms. The van der Waals surface area contributed by atoms with Gasteiger partial charge in [0.05, 0.1) is 0 Å². The maximum atomic E-state index is 12.7. The van der Waals surface area contributed by atoms with Crippen molar-refractivity contribution in [2.45, 2.75) is 38.8 Å². The Balaban J connectivity index is 1.72. The first-order valence-electron chi connectivity index (χ1n) is 8.52. The van der Waals surface area contributed by atoms with E-state index in [4.69, 9.17) is 0 Å². The van der Waals surface area contributed by atoms with Gasteiger partial charge < -0.3 is 14.8 Å². The van der Waals surface area contributed by atoms with Crippen molar-refractivity contribution in [2.75, 3.05) is 19.6 Å². The number of fused-ring (bicyclic) bond motifs is 3. The molecule has 0 aliphatic carbocycles. The molecule has 2 aliphatic heterocycles. The summed E-state index contributed by atoms with van der Waals surface area (Å²) in [6, 6.07) is 6.58. The predicted molar refractivity (Wildman–Crippen MR) is 100 cm³/mol. The highest BCUT2D eigenvalue weighted by molar-refractivity contribution is 14.1. The van der Waals surface area contributed by atoms with Gasteiger partial charge >= 0.3 is 0 Å². The third-order valence-electron chi connectivity index (χ3n) is 5.09. The molecule has 4 rings (SSSR count). The van der Waals surface area contributed by atoms with Crippen LogP contribution in [-0.4, -0.2) is 35.0 Å². The normalized spacial score (nSPS) is 18.2. The maximum absolute atomic E-state index is 12.7. The molecule has 0 unspecified atom stereocenters. The number of rotatable bonds is 2. The number of amides is 1. The van der Waals surface area contributed by atoms with E-state index >= 15 is 0 Å². The van der Waals surface area contributed by atoms with E-state index in [1.807, 2.05) is 0 Å². The third-order valence-corrected chi connectivity index (χ3v) is 5.76. The van der Waals surface area contributed by atoms with Gasteiger partial charge in [-0.1, -0.05) is 0 Å². The summed E-state index contributed by atoms with van der Waals surface area (Å²) < 4.78 is 3.53. The van der Waals surface area contributed by atoms with Crippen molar-refractivity contribution < 1.29 is 4.79 Å². The van der Waals surface area contributed by atoms with Crippen molar-refractivity contribution in [1.82, 2.24) is 14.8 Å². The molecule has 0 bridgehead atoms. The summed E-state index contributed by atoms with van der Waals surface area (Å²) in [5.74, 6) is 0.279. The number of nitrogens with zero attached hydrogens (tertiary/aromatic N) is 2. The molecule has 0 radical (unpaired) electrons. The van der Waals surface area contributed by atoms with Crippen LogP contribution in [0.2, 0.25) is 0 Å². The van der Waals surface area contributed by atoms with Crippen LogP contribution < -0.4 is 5.32 Å². The van der Waals surface area contributed by atoms with E-state index in [1.165, 1.54) is 32.2 Å². The van der Waals surface area contributed by atoms with Gasteiger partial charge in [-0.3, -0.25) is 4.79 Å². The van der Waals surface area contributed by atoms with Crippen molar-refractivity contribution in [3.05, 3.63) is 33.0 Å². The van der Waals surface area contributed by atoms with Gasteiger partial charge in [0.1, 0.15) is 6.54 Å². The molecule has 2 aliphatic rings. The molecule has 0 atom stereocenters. The topological polar surface area (TPSA) is 37.3 Å². The largest absolute Gasteiger partial charge is 0.341 e. The summed E-state index contributed by atoms with van der Waals surface area (Å²) in [4.78, 5) is 14.8. The first-order valence-corrected chi connectivity index (χ1v) is 9.60. The molecular formula is C18H22IN3O. The predicted octanol–water partition coefficient (Wildman–Crippen LogP) is 2.90. The number of nitrogens with one attached hydrogen (secondary N) is 1. The molecule has 0 saturated carbocycles. The molecule has 122 valence electrons. The van der Waals surface area contributed by atoms with Gasteiger partial charge in [0, 0.05) is 52.8 Å². The highest BCUT2D eigenvalue weighted by Crippen LogP contribution is 2.30. The van der Waals surface area contributed by atoms with Gasteiger partial charge in [-0.15, -0.1) is 0 Å². The lowest BCUT2D eigenvalue weighted by atomic mass is 10.1. The van der Waals surface area contributed by atoms with E-state index in [9.17, 15) is 4.79 Å². The molecule has 2 aromatic rings. The molecule has 23 heavy (non-hydrogen) atoms. The molecular weight excluding hydrogens is 401 g/mol. The van der Waals surface area contributed by atoms with E-state index in [2.05, 4.69) is 55.6 Å². The molecule has 1 fully saturated rings. The molecule has 1 N–H and O–H groups in total. The Labute approximate surface area is 150 Å². The fraction of sp³-hybridized carbons (Fsp3) is 0.500. The van der Waals surface area contributed by atoms with Crippen molar-refractivity contribution in [3.63, 3.8) is 0 Å². The Morgan fingerprint density at radius 1 is 1.22 bits per heavy atom. The van der Waals surface area contributed by atoms with Gasteiger partial charge in [-0.05, 0) is 65.6 Å². The molecule has 1 aromatic heterocycles. The molecule has 0 spiro atoms. The smallest absolute Gasteiger partial charge is 0.242 e. The molecule has 1 amide bonds. The number of likely N-dealkylation sites (tertiary alicyclic amines) is 1. The summed E-state index contributed by atoms with van der Waals surface area (Å²) >= 11 is 2.37. The standard InChI is InChI=1S/C18H22IN3O/c19-13-4-5-16-14(10-13)15-11-20-7-6-17(15)22(16)12-18(23)21-8-2-1-3-9-21/h4-5,10,20H,1-3,6-9,11-12H2. The fourth-order valence-electron chi connectivity index (χ4n) is 3.91. The highest BCUT2D eigenvalue weighted by Gasteiger charge is 2.23. The quantitative estimate of drug-likeness (QED) is 0.755. The Hall–Kier alpha value is -1.08. The lowest BCUT2D eigenvalue weighted by Crippen LogP contribution is -2.38. The van der Waals surface area contributed by atoms with E-state index in [0.29, 0.717) is 6.54 Å². The average Bonchev–Trinajstić information content (AvgIpc) is 2.89. The first-order chi connectivity index (χ1) is 11.2. The van der Waals surface area contributed by atoms with Crippen LogP contribution >= 0.6 is 22.6 Å². The number of benzene rings is 1. The summed E-state index contributed by atoms with van der Waals surface area (Å²) in [7, 11) is 0. The average molecular weight is 423 g/mol. The van der Waals surface area contributed by atoms with Crippen LogP contribution in [-0.2, 0) is 24.3 Å². The van der Waals surface area contributed by atoms with Crippen LogP contribution in [0, 0.1) is 3.57 Å². The molecule has 1 aromatic carbocycles. The van der Waals surface area contributed by atoms with Gasteiger partial charge in [-0.2, -0.15) is 0 Å². The number of carbonyl (C=O) groups is 1. The van der Waals surface area contributed by atoms with Crippen LogP contribution in [0.5, 0.6) is 0 Å². The minimum atomic E-state index is 0.279. The summed E-state index contributed by atoms with van der Waals surface area (Å²) in [6.45, 7) is 4.26. The van der Waals surface area contributed by atoms with Crippen molar-refractivity contribution in [3.8, 4) is 0 Å². The zero-order valence-corrected chi connectivity index (χ0v) is 15.4. The fourth-order valence-corrected chi connectivity index (χ4v) is 4.40. The number of carbonyl (C=O) groups excluding carboxylic acids is 1. The van der Waals surface area contributed by atoms with Gasteiger partial charge in [0.25, 0.3) is 0 Å². The van der Waals surface area contributed by atoms with E-state index < -0.39 is 0 Å². The summed E-state index contributed by atoms with van der Waals surface area (Å²) in [5.41, 5.74) is 3.95. The number of piperidine rings is 1. The van der Waals surface area contributed by atoms with E-state index in [0.717, 1.165) is 45.4 Å².